The summed E-state index contributed by atoms with van der Waals surface area (Å²) in [4.78, 5) is 12.2. The van der Waals surface area contributed by atoms with Gasteiger partial charge in [-0.05, 0) is 53.2 Å². The van der Waals surface area contributed by atoms with Gasteiger partial charge in [-0.2, -0.15) is 11.8 Å². The van der Waals surface area contributed by atoms with E-state index in [9.17, 15) is 4.79 Å². The van der Waals surface area contributed by atoms with Crippen LogP contribution in [-0.2, 0) is 0 Å². The first-order chi connectivity index (χ1) is 9.11. The molecule has 0 aromatic heterocycles. The number of halogens is 2. The van der Waals surface area contributed by atoms with Crippen molar-refractivity contribution in [3.05, 3.63) is 33.3 Å². The molecule has 1 fully saturated rings. The minimum Gasteiger partial charge on any atom is -0.348 e. The lowest BCUT2D eigenvalue weighted by atomic mass is 9.94. The normalized spacial score (nSPS) is 23.1. The lowest BCUT2D eigenvalue weighted by Crippen LogP contribution is -2.43. The number of carbonyl (C=O) groups is 1. The Morgan fingerprint density at radius 2 is 2.16 bits per heavy atom. The second-order valence-electron chi connectivity index (χ2n) is 4.77. The van der Waals surface area contributed by atoms with E-state index < -0.39 is 0 Å². The van der Waals surface area contributed by atoms with E-state index in [-0.39, 0.29) is 11.9 Å². The summed E-state index contributed by atoms with van der Waals surface area (Å²) in [5, 5.41) is 4.25. The van der Waals surface area contributed by atoms with Crippen molar-refractivity contribution in [3.8, 4) is 0 Å². The number of rotatable bonds is 3. The first kappa shape index (κ1) is 15.2. The number of nitrogens with one attached hydrogen (secondary N) is 1. The smallest absolute Gasteiger partial charge is 0.251 e. The monoisotopic (exact) mass is 361 g/mol. The Hall–Kier alpha value is -0.190. The molecule has 0 spiro atoms. The summed E-state index contributed by atoms with van der Waals surface area (Å²) in [6.45, 7) is 0. The Balaban J connectivity index is 2.05. The van der Waals surface area contributed by atoms with Gasteiger partial charge in [0.25, 0.3) is 5.91 Å². The van der Waals surface area contributed by atoms with Gasteiger partial charge in [0.15, 0.2) is 0 Å². The Bertz CT molecular complexity index is 469. The van der Waals surface area contributed by atoms with Crippen LogP contribution in [0.3, 0.4) is 0 Å². The zero-order chi connectivity index (χ0) is 13.8. The maximum atomic E-state index is 12.2. The number of hydrogen-bond donors (Lipinski definition) is 1. The van der Waals surface area contributed by atoms with E-state index in [1.54, 1.807) is 12.1 Å². The molecule has 0 aliphatic heterocycles. The molecule has 2 atom stereocenters. The predicted octanol–water partition coefficient (Wildman–Crippen LogP) is 4.51. The van der Waals surface area contributed by atoms with Gasteiger partial charge in [-0.3, -0.25) is 4.79 Å². The molecule has 0 bridgehead atoms. The Morgan fingerprint density at radius 3 is 2.84 bits per heavy atom. The topological polar surface area (TPSA) is 29.1 Å². The van der Waals surface area contributed by atoms with Gasteiger partial charge in [0, 0.05) is 21.3 Å². The highest BCUT2D eigenvalue weighted by atomic mass is 79.9. The number of benzene rings is 1. The third-order valence-corrected chi connectivity index (χ3v) is 5.91. The lowest BCUT2D eigenvalue weighted by molar-refractivity contribution is 0.0929. The molecule has 0 radical (unpaired) electrons. The molecule has 104 valence electrons. The second kappa shape index (κ2) is 7.00. The van der Waals surface area contributed by atoms with Gasteiger partial charge in [0.1, 0.15) is 0 Å². The van der Waals surface area contributed by atoms with Crippen LogP contribution in [0.15, 0.2) is 22.7 Å². The van der Waals surface area contributed by atoms with Crippen LogP contribution in [-0.4, -0.2) is 23.5 Å². The van der Waals surface area contributed by atoms with Crippen molar-refractivity contribution in [2.75, 3.05) is 6.26 Å². The molecule has 2 nitrogen and oxygen atoms in total. The fourth-order valence-corrected chi connectivity index (χ4v) is 3.80. The second-order valence-corrected chi connectivity index (χ2v) is 7.11. The Labute approximate surface area is 131 Å². The molecule has 1 aliphatic rings. The van der Waals surface area contributed by atoms with Gasteiger partial charge in [-0.1, -0.05) is 24.4 Å². The Kier molecular flexibility index (Phi) is 5.60. The average molecular weight is 363 g/mol. The quantitative estimate of drug-likeness (QED) is 0.857. The first-order valence-corrected chi connectivity index (χ1v) is 8.86. The van der Waals surface area contributed by atoms with Crippen molar-refractivity contribution in [1.29, 1.82) is 0 Å². The molecular weight excluding hydrogens is 346 g/mol. The van der Waals surface area contributed by atoms with Gasteiger partial charge < -0.3 is 5.32 Å². The molecule has 5 heteroatoms. The molecule has 19 heavy (non-hydrogen) atoms. The zero-order valence-electron chi connectivity index (χ0n) is 10.8. The SMILES string of the molecule is CSC1CCCCC1NC(=O)c1ccc(Br)c(Cl)c1. The summed E-state index contributed by atoms with van der Waals surface area (Å²) in [5.74, 6) is -0.0275. The van der Waals surface area contributed by atoms with Crippen molar-refractivity contribution in [2.45, 2.75) is 37.0 Å². The van der Waals surface area contributed by atoms with Crippen LogP contribution in [0.5, 0.6) is 0 Å². The molecule has 0 saturated heterocycles. The van der Waals surface area contributed by atoms with Gasteiger partial charge in [-0.25, -0.2) is 0 Å². The van der Waals surface area contributed by atoms with E-state index >= 15 is 0 Å². The van der Waals surface area contributed by atoms with E-state index in [1.807, 2.05) is 17.8 Å². The van der Waals surface area contributed by atoms with Crippen LogP contribution in [0, 0.1) is 0 Å². The van der Waals surface area contributed by atoms with E-state index in [1.165, 1.54) is 19.3 Å². The summed E-state index contributed by atoms with van der Waals surface area (Å²) < 4.78 is 0.811. The molecule has 1 aromatic rings. The fraction of sp³-hybridized carbons (Fsp3) is 0.500. The Morgan fingerprint density at radius 1 is 1.42 bits per heavy atom. The highest BCUT2D eigenvalue weighted by molar-refractivity contribution is 9.10. The van der Waals surface area contributed by atoms with Crippen molar-refractivity contribution >= 4 is 45.2 Å². The van der Waals surface area contributed by atoms with Crippen molar-refractivity contribution in [3.63, 3.8) is 0 Å². The van der Waals surface area contributed by atoms with Crippen molar-refractivity contribution < 1.29 is 4.79 Å². The van der Waals surface area contributed by atoms with E-state index in [4.69, 9.17) is 11.6 Å². The number of thioether (sulfide) groups is 1. The summed E-state index contributed by atoms with van der Waals surface area (Å²) in [5.41, 5.74) is 0.624. The summed E-state index contributed by atoms with van der Waals surface area (Å²) >= 11 is 11.2. The molecule has 1 aliphatic carbocycles. The van der Waals surface area contributed by atoms with Gasteiger partial charge in [0.05, 0.1) is 5.02 Å². The standard InChI is InChI=1S/C14H17BrClNOS/c1-19-13-5-3-2-4-12(13)17-14(18)9-6-7-10(15)11(16)8-9/h6-8,12-13H,2-5H2,1H3,(H,17,18). The number of hydrogen-bond acceptors (Lipinski definition) is 2. The molecule has 1 saturated carbocycles. The number of carbonyl (C=O) groups excluding carboxylic acids is 1. The molecule has 1 amide bonds. The van der Waals surface area contributed by atoms with E-state index in [2.05, 4.69) is 27.5 Å². The summed E-state index contributed by atoms with van der Waals surface area (Å²) in [6, 6.07) is 5.59. The number of amides is 1. The molecule has 1 aromatic carbocycles. The highest BCUT2D eigenvalue weighted by Gasteiger charge is 2.26. The van der Waals surface area contributed by atoms with Crippen LogP contribution >= 0.6 is 39.3 Å². The lowest BCUT2D eigenvalue weighted by Gasteiger charge is -2.31. The largest absolute Gasteiger partial charge is 0.348 e. The molecule has 2 unspecified atom stereocenters. The minimum atomic E-state index is -0.0275. The third kappa shape index (κ3) is 3.89. The van der Waals surface area contributed by atoms with Crippen LogP contribution in [0.1, 0.15) is 36.0 Å². The van der Waals surface area contributed by atoms with Gasteiger partial charge in [-0.15, -0.1) is 0 Å². The maximum absolute atomic E-state index is 12.2. The maximum Gasteiger partial charge on any atom is 0.251 e. The minimum absolute atomic E-state index is 0.0275. The van der Waals surface area contributed by atoms with Crippen LogP contribution < -0.4 is 5.32 Å². The van der Waals surface area contributed by atoms with Crippen LogP contribution in [0.4, 0.5) is 0 Å². The van der Waals surface area contributed by atoms with Gasteiger partial charge in [0.2, 0.25) is 0 Å². The van der Waals surface area contributed by atoms with Gasteiger partial charge >= 0.3 is 0 Å². The molecule has 0 heterocycles. The predicted molar refractivity (Wildman–Crippen MR) is 86.2 cm³/mol. The fourth-order valence-electron chi connectivity index (χ4n) is 2.43. The summed E-state index contributed by atoms with van der Waals surface area (Å²) in [6.07, 6.45) is 6.84. The summed E-state index contributed by atoms with van der Waals surface area (Å²) in [7, 11) is 0. The zero-order valence-corrected chi connectivity index (χ0v) is 13.9. The average Bonchev–Trinajstić information content (AvgIpc) is 2.42. The van der Waals surface area contributed by atoms with Crippen LogP contribution in [0.25, 0.3) is 0 Å². The molecular formula is C14H17BrClNOS. The highest BCUT2D eigenvalue weighted by Crippen LogP contribution is 2.28. The van der Waals surface area contributed by atoms with Crippen LogP contribution in [0.2, 0.25) is 5.02 Å². The molecule has 1 N–H and O–H groups in total. The van der Waals surface area contributed by atoms with E-state index in [0.29, 0.717) is 15.8 Å². The van der Waals surface area contributed by atoms with Crippen molar-refractivity contribution in [2.24, 2.45) is 0 Å². The third-order valence-electron chi connectivity index (χ3n) is 3.50. The van der Waals surface area contributed by atoms with Crippen molar-refractivity contribution in [1.82, 2.24) is 5.32 Å². The molecule has 2 rings (SSSR count). The van der Waals surface area contributed by atoms with E-state index in [0.717, 1.165) is 10.9 Å². The first-order valence-electron chi connectivity index (χ1n) is 6.40.